The van der Waals surface area contributed by atoms with Crippen molar-refractivity contribution in [3.63, 3.8) is 0 Å². The van der Waals surface area contributed by atoms with Crippen molar-refractivity contribution in [2.45, 2.75) is 13.0 Å². The quantitative estimate of drug-likeness (QED) is 0.723. The smallest absolute Gasteiger partial charge is 0.264 e. The molecule has 1 aliphatic rings. The second kappa shape index (κ2) is 5.75. The number of fused-ring (bicyclic) bond motifs is 1. The first kappa shape index (κ1) is 14.3. The highest BCUT2D eigenvalue weighted by atomic mass is 32.1. The highest BCUT2D eigenvalue weighted by Gasteiger charge is 2.33. The van der Waals surface area contributed by atoms with Crippen molar-refractivity contribution in [2.75, 3.05) is 19.8 Å². The van der Waals surface area contributed by atoms with Gasteiger partial charge in [-0.1, -0.05) is 18.2 Å². The average molecular weight is 329 g/mol. The highest BCUT2D eigenvalue weighted by molar-refractivity contribution is 7.20. The number of ether oxygens (including phenoxy) is 1. The number of nitrogens with zero attached hydrogens (tertiary/aromatic N) is 3. The fourth-order valence-electron chi connectivity index (χ4n) is 2.73. The van der Waals surface area contributed by atoms with Gasteiger partial charge in [-0.25, -0.2) is 0 Å². The van der Waals surface area contributed by atoms with Crippen LogP contribution in [0.2, 0.25) is 0 Å². The van der Waals surface area contributed by atoms with Crippen LogP contribution in [0.1, 0.15) is 27.5 Å². The van der Waals surface area contributed by atoms with Crippen LogP contribution in [0.3, 0.4) is 0 Å². The second-order valence-corrected chi connectivity index (χ2v) is 6.48. The zero-order valence-corrected chi connectivity index (χ0v) is 13.4. The monoisotopic (exact) mass is 329 g/mol. The molecule has 1 amide bonds. The van der Waals surface area contributed by atoms with Gasteiger partial charge in [0.2, 0.25) is 11.8 Å². The Kier molecular flexibility index (Phi) is 3.59. The van der Waals surface area contributed by atoms with Gasteiger partial charge in [0.15, 0.2) is 0 Å². The van der Waals surface area contributed by atoms with Gasteiger partial charge in [-0.05, 0) is 17.5 Å². The molecule has 23 heavy (non-hydrogen) atoms. The first-order chi connectivity index (χ1) is 11.2. The molecule has 1 saturated heterocycles. The summed E-state index contributed by atoms with van der Waals surface area (Å²) in [4.78, 5) is 15.4. The van der Waals surface area contributed by atoms with E-state index < -0.39 is 0 Å². The van der Waals surface area contributed by atoms with E-state index in [1.807, 2.05) is 30.3 Å². The van der Waals surface area contributed by atoms with Crippen LogP contribution in [-0.4, -0.2) is 40.8 Å². The first-order valence-corrected chi connectivity index (χ1v) is 8.21. The number of aromatic nitrogens is 2. The minimum absolute atomic E-state index is 0.0182. The largest absolute Gasteiger partial charge is 0.423 e. The number of hydrogen-bond acceptors (Lipinski definition) is 6. The Bertz CT molecular complexity index is 824. The minimum Gasteiger partial charge on any atom is -0.423 e. The number of thiophene rings is 1. The zero-order chi connectivity index (χ0) is 15.8. The van der Waals surface area contributed by atoms with Crippen LogP contribution in [-0.2, 0) is 4.74 Å². The average Bonchev–Trinajstić information content (AvgIpc) is 3.20. The molecule has 3 aromatic rings. The summed E-state index contributed by atoms with van der Waals surface area (Å²) in [5.41, 5.74) is 0. The van der Waals surface area contributed by atoms with Crippen molar-refractivity contribution in [3.8, 4) is 0 Å². The van der Waals surface area contributed by atoms with Gasteiger partial charge in [0.05, 0.1) is 18.1 Å². The van der Waals surface area contributed by atoms with E-state index in [-0.39, 0.29) is 11.9 Å². The van der Waals surface area contributed by atoms with Crippen molar-refractivity contribution in [1.29, 1.82) is 0 Å². The van der Waals surface area contributed by atoms with Gasteiger partial charge in [-0.15, -0.1) is 21.5 Å². The van der Waals surface area contributed by atoms with Crippen LogP contribution >= 0.6 is 11.3 Å². The van der Waals surface area contributed by atoms with E-state index in [4.69, 9.17) is 9.15 Å². The molecule has 118 valence electrons. The van der Waals surface area contributed by atoms with E-state index in [1.54, 1.807) is 11.8 Å². The topological polar surface area (TPSA) is 68.5 Å². The van der Waals surface area contributed by atoms with Crippen LogP contribution in [0.15, 0.2) is 34.7 Å². The standard InChI is InChI=1S/C16H15N3O3S/c1-10-17-18-15(22-10)12-9-21-7-6-19(12)16(20)14-8-11-4-2-3-5-13(11)23-14/h2-5,8,12H,6-7,9H2,1H3. The lowest BCUT2D eigenvalue weighted by Crippen LogP contribution is -2.43. The Morgan fingerprint density at radius 2 is 2.22 bits per heavy atom. The molecule has 1 aliphatic heterocycles. The number of benzene rings is 1. The number of carbonyl (C=O) groups is 1. The van der Waals surface area contributed by atoms with Gasteiger partial charge in [-0.3, -0.25) is 4.79 Å². The Morgan fingerprint density at radius 3 is 3.00 bits per heavy atom. The van der Waals surface area contributed by atoms with Gasteiger partial charge in [-0.2, -0.15) is 0 Å². The van der Waals surface area contributed by atoms with Crippen molar-refractivity contribution in [2.24, 2.45) is 0 Å². The highest BCUT2D eigenvalue weighted by Crippen LogP contribution is 2.30. The maximum Gasteiger partial charge on any atom is 0.264 e. The number of hydrogen-bond donors (Lipinski definition) is 0. The third kappa shape index (κ3) is 2.62. The van der Waals surface area contributed by atoms with Crippen LogP contribution in [0, 0.1) is 6.92 Å². The summed E-state index contributed by atoms with van der Waals surface area (Å²) in [5, 5.41) is 8.99. The molecular formula is C16H15N3O3S. The molecule has 3 heterocycles. The van der Waals surface area contributed by atoms with Crippen molar-refractivity contribution in [3.05, 3.63) is 47.0 Å². The van der Waals surface area contributed by atoms with E-state index in [0.29, 0.717) is 36.4 Å². The predicted octanol–water partition coefficient (Wildman–Crippen LogP) is 2.81. The molecule has 4 rings (SSSR count). The van der Waals surface area contributed by atoms with Crippen molar-refractivity contribution in [1.82, 2.24) is 15.1 Å². The molecule has 1 aromatic carbocycles. The lowest BCUT2D eigenvalue weighted by Gasteiger charge is -2.33. The summed E-state index contributed by atoms with van der Waals surface area (Å²) >= 11 is 1.50. The van der Waals surface area contributed by atoms with E-state index in [0.717, 1.165) is 10.1 Å². The lowest BCUT2D eigenvalue weighted by atomic mass is 10.2. The van der Waals surface area contributed by atoms with Crippen LogP contribution in [0.4, 0.5) is 0 Å². The molecule has 6 nitrogen and oxygen atoms in total. The van der Waals surface area contributed by atoms with Gasteiger partial charge in [0.1, 0.15) is 6.04 Å². The summed E-state index contributed by atoms with van der Waals surface area (Å²) in [6.45, 7) is 3.13. The van der Waals surface area contributed by atoms with Crippen LogP contribution < -0.4 is 0 Å². The molecule has 0 saturated carbocycles. The van der Waals surface area contributed by atoms with E-state index in [2.05, 4.69) is 10.2 Å². The number of morpholine rings is 1. The third-order valence-electron chi connectivity index (χ3n) is 3.85. The first-order valence-electron chi connectivity index (χ1n) is 7.39. The summed E-state index contributed by atoms with van der Waals surface area (Å²) < 4.78 is 12.1. The maximum atomic E-state index is 13.0. The summed E-state index contributed by atoms with van der Waals surface area (Å²) in [6, 6.07) is 9.60. The molecule has 0 bridgehead atoms. The molecule has 0 N–H and O–H groups in total. The van der Waals surface area contributed by atoms with Gasteiger partial charge in [0.25, 0.3) is 5.91 Å². The Balaban J connectivity index is 1.67. The third-order valence-corrected chi connectivity index (χ3v) is 4.96. The SMILES string of the molecule is Cc1nnc(C2COCCN2C(=O)c2cc3ccccc3s2)o1. The van der Waals surface area contributed by atoms with Gasteiger partial charge >= 0.3 is 0 Å². The Labute approximate surface area is 136 Å². The predicted molar refractivity (Wildman–Crippen MR) is 85.5 cm³/mol. The minimum atomic E-state index is -0.331. The maximum absolute atomic E-state index is 13.0. The molecule has 1 fully saturated rings. The van der Waals surface area contributed by atoms with Gasteiger partial charge in [0, 0.05) is 18.2 Å². The Hall–Kier alpha value is -2.25. The molecular weight excluding hydrogens is 314 g/mol. The summed E-state index contributed by atoms with van der Waals surface area (Å²) in [5.74, 6) is 0.895. The number of rotatable bonds is 2. The molecule has 7 heteroatoms. The van der Waals surface area contributed by atoms with E-state index >= 15 is 0 Å². The molecule has 1 unspecified atom stereocenters. The lowest BCUT2D eigenvalue weighted by molar-refractivity contribution is -0.0104. The normalized spacial score (nSPS) is 18.5. The fourth-order valence-corrected chi connectivity index (χ4v) is 3.75. The molecule has 2 aromatic heterocycles. The zero-order valence-electron chi connectivity index (χ0n) is 12.6. The van der Waals surface area contributed by atoms with Crippen molar-refractivity contribution < 1.29 is 13.9 Å². The number of aryl methyl sites for hydroxylation is 1. The Morgan fingerprint density at radius 1 is 1.35 bits per heavy atom. The van der Waals surface area contributed by atoms with E-state index in [9.17, 15) is 4.79 Å². The van der Waals surface area contributed by atoms with Crippen LogP contribution in [0.5, 0.6) is 0 Å². The fraction of sp³-hybridized carbons (Fsp3) is 0.312. The van der Waals surface area contributed by atoms with Crippen molar-refractivity contribution >= 4 is 27.3 Å². The van der Waals surface area contributed by atoms with Crippen LogP contribution in [0.25, 0.3) is 10.1 Å². The number of carbonyl (C=O) groups excluding carboxylic acids is 1. The summed E-state index contributed by atoms with van der Waals surface area (Å²) in [7, 11) is 0. The molecule has 1 atom stereocenters. The number of amides is 1. The van der Waals surface area contributed by atoms with Gasteiger partial charge < -0.3 is 14.1 Å². The molecule has 0 aliphatic carbocycles. The second-order valence-electron chi connectivity index (χ2n) is 5.40. The molecule has 0 spiro atoms. The van der Waals surface area contributed by atoms with E-state index in [1.165, 1.54) is 11.3 Å². The summed E-state index contributed by atoms with van der Waals surface area (Å²) in [6.07, 6.45) is 0. The molecule has 0 radical (unpaired) electrons.